The first-order valence-electron chi connectivity index (χ1n) is 5.64. The van der Waals surface area contributed by atoms with Crippen molar-refractivity contribution in [2.75, 3.05) is 14.2 Å². The predicted molar refractivity (Wildman–Crippen MR) is 76.0 cm³/mol. The second kappa shape index (κ2) is 7.35. The highest BCUT2D eigenvalue weighted by molar-refractivity contribution is 6.32. The van der Waals surface area contributed by atoms with E-state index < -0.39 is 11.9 Å². The first kappa shape index (κ1) is 15.8. The number of nitrogens with zero attached hydrogens (tertiary/aromatic N) is 1. The van der Waals surface area contributed by atoms with Crippen LogP contribution in [0, 0.1) is 0 Å². The van der Waals surface area contributed by atoms with Crippen molar-refractivity contribution in [2.24, 2.45) is 0 Å². The molecule has 20 heavy (non-hydrogen) atoms. The van der Waals surface area contributed by atoms with E-state index in [2.05, 4.69) is 4.74 Å². The number of aliphatic hydroxyl groups is 1. The van der Waals surface area contributed by atoms with Crippen molar-refractivity contribution in [1.29, 1.82) is 0 Å². The molecule has 1 amide bonds. The molecule has 1 aromatic rings. The normalized spacial score (nSPS) is 11.4. The molecule has 0 aliphatic heterocycles. The topological polar surface area (TPSA) is 66.8 Å². The van der Waals surface area contributed by atoms with Gasteiger partial charge in [-0.25, -0.2) is 4.79 Å². The van der Waals surface area contributed by atoms with Gasteiger partial charge < -0.3 is 14.7 Å². The monoisotopic (exact) mass is 295 g/mol. The number of methoxy groups -OCH3 is 1. The van der Waals surface area contributed by atoms with Crippen LogP contribution < -0.4 is 0 Å². The van der Waals surface area contributed by atoms with E-state index in [4.69, 9.17) is 16.7 Å². The number of benzene rings is 1. The number of aliphatic hydroxyl groups excluding tert-OH is 1. The number of carbonyl (C=O) groups is 2. The largest absolute Gasteiger partial charge is 0.513 e. The van der Waals surface area contributed by atoms with E-state index in [-0.39, 0.29) is 5.70 Å². The third kappa shape index (κ3) is 3.86. The van der Waals surface area contributed by atoms with Gasteiger partial charge in [-0.3, -0.25) is 4.79 Å². The van der Waals surface area contributed by atoms with Crippen LogP contribution in [0.4, 0.5) is 0 Å². The van der Waals surface area contributed by atoms with Crippen LogP contribution in [0.2, 0.25) is 5.02 Å². The van der Waals surface area contributed by atoms with Crippen molar-refractivity contribution < 1.29 is 19.4 Å². The summed E-state index contributed by atoms with van der Waals surface area (Å²) in [7, 11) is 2.50. The first-order valence-corrected chi connectivity index (χ1v) is 6.02. The molecule has 0 bridgehead atoms. The summed E-state index contributed by atoms with van der Waals surface area (Å²) >= 11 is 5.95. The van der Waals surface area contributed by atoms with Crippen molar-refractivity contribution in [1.82, 2.24) is 4.90 Å². The molecular weight excluding hydrogens is 282 g/mol. The van der Waals surface area contributed by atoms with E-state index in [0.717, 1.165) is 12.0 Å². The zero-order valence-corrected chi connectivity index (χ0v) is 11.8. The number of carbonyl (C=O) groups excluding carboxylic acids is 2. The lowest BCUT2D eigenvalue weighted by Crippen LogP contribution is -2.29. The average molecular weight is 296 g/mol. The minimum absolute atomic E-state index is 0.263. The van der Waals surface area contributed by atoms with Gasteiger partial charge >= 0.3 is 5.97 Å². The molecule has 1 N–H and O–H groups in total. The van der Waals surface area contributed by atoms with Crippen LogP contribution in [0.15, 0.2) is 42.3 Å². The Morgan fingerprint density at radius 3 is 2.55 bits per heavy atom. The summed E-state index contributed by atoms with van der Waals surface area (Å²) in [6.07, 6.45) is 3.29. The van der Waals surface area contributed by atoms with Gasteiger partial charge in [0.15, 0.2) is 5.70 Å². The number of halogens is 1. The highest BCUT2D eigenvalue weighted by atomic mass is 35.5. The smallest absolute Gasteiger partial charge is 0.357 e. The van der Waals surface area contributed by atoms with Gasteiger partial charge in [-0.05, 0) is 17.7 Å². The summed E-state index contributed by atoms with van der Waals surface area (Å²) in [5.41, 5.74) is 0.407. The Morgan fingerprint density at radius 1 is 1.35 bits per heavy atom. The molecule has 0 aliphatic rings. The SMILES string of the molecule is COC(=O)C(=CO)N(C)C(=O)C=Cc1ccccc1Cl. The van der Waals surface area contributed by atoms with Gasteiger partial charge in [0.05, 0.1) is 7.11 Å². The molecule has 5 nitrogen and oxygen atoms in total. The molecule has 6 heteroatoms. The summed E-state index contributed by atoms with van der Waals surface area (Å²) in [6, 6.07) is 7.00. The molecular formula is C14H14ClNO4. The van der Waals surface area contributed by atoms with Gasteiger partial charge in [0.2, 0.25) is 0 Å². The Morgan fingerprint density at radius 2 is 2.00 bits per heavy atom. The molecule has 0 heterocycles. The molecule has 0 radical (unpaired) electrons. The van der Waals surface area contributed by atoms with Crippen LogP contribution in [0.5, 0.6) is 0 Å². The maximum Gasteiger partial charge on any atom is 0.357 e. The van der Waals surface area contributed by atoms with E-state index in [1.165, 1.54) is 19.2 Å². The first-order chi connectivity index (χ1) is 9.51. The molecule has 0 atom stereocenters. The van der Waals surface area contributed by atoms with Crippen LogP contribution in [-0.4, -0.2) is 36.0 Å². The molecule has 0 aromatic heterocycles. The maximum absolute atomic E-state index is 11.9. The van der Waals surface area contributed by atoms with Crippen LogP contribution in [0.3, 0.4) is 0 Å². The molecule has 0 fully saturated rings. The summed E-state index contributed by atoms with van der Waals surface area (Å²) in [5.74, 6) is -1.31. The van der Waals surface area contributed by atoms with Gasteiger partial charge in [-0.2, -0.15) is 0 Å². The fourth-order valence-corrected chi connectivity index (χ4v) is 1.58. The van der Waals surface area contributed by atoms with Gasteiger partial charge in [0, 0.05) is 18.1 Å². The number of amides is 1. The zero-order valence-electron chi connectivity index (χ0n) is 11.0. The predicted octanol–water partition coefficient (Wildman–Crippen LogP) is 2.38. The number of hydrogen-bond acceptors (Lipinski definition) is 4. The van der Waals surface area contributed by atoms with Crippen molar-refractivity contribution in [3.63, 3.8) is 0 Å². The summed E-state index contributed by atoms with van der Waals surface area (Å²) in [6.45, 7) is 0. The summed E-state index contributed by atoms with van der Waals surface area (Å²) in [4.78, 5) is 24.2. The van der Waals surface area contributed by atoms with E-state index in [1.54, 1.807) is 24.3 Å². The lowest BCUT2D eigenvalue weighted by atomic mass is 10.2. The van der Waals surface area contributed by atoms with Crippen LogP contribution in [0.25, 0.3) is 6.08 Å². The van der Waals surface area contributed by atoms with Crippen molar-refractivity contribution in [2.45, 2.75) is 0 Å². The lowest BCUT2D eigenvalue weighted by Gasteiger charge is -2.15. The minimum atomic E-state index is -0.811. The van der Waals surface area contributed by atoms with Crippen LogP contribution in [-0.2, 0) is 14.3 Å². The van der Waals surface area contributed by atoms with Crippen molar-refractivity contribution in [3.8, 4) is 0 Å². The fourth-order valence-electron chi connectivity index (χ4n) is 1.38. The standard InChI is InChI=1S/C14H14ClNO4/c1-16(12(9-17)14(19)20-2)13(18)8-7-10-5-3-4-6-11(10)15/h3-9,17H,1-2H3. The van der Waals surface area contributed by atoms with E-state index in [1.807, 2.05) is 0 Å². The molecule has 0 saturated heterocycles. The molecule has 1 aromatic carbocycles. The highest BCUT2D eigenvalue weighted by Gasteiger charge is 2.19. The third-order valence-electron chi connectivity index (χ3n) is 2.52. The Labute approximate surface area is 121 Å². The maximum atomic E-state index is 11.9. The quantitative estimate of drug-likeness (QED) is 0.526. The Bertz CT molecular complexity index is 566. The zero-order chi connectivity index (χ0) is 15.1. The molecule has 0 spiro atoms. The van der Waals surface area contributed by atoms with Crippen molar-refractivity contribution in [3.05, 3.63) is 52.9 Å². The second-order valence-electron chi connectivity index (χ2n) is 3.76. The third-order valence-corrected chi connectivity index (χ3v) is 2.86. The summed E-state index contributed by atoms with van der Waals surface area (Å²) < 4.78 is 4.45. The molecule has 0 saturated carbocycles. The lowest BCUT2D eigenvalue weighted by molar-refractivity contribution is -0.140. The molecule has 0 unspecified atom stereocenters. The minimum Gasteiger partial charge on any atom is -0.513 e. The fraction of sp³-hybridized carbons (Fsp3) is 0.143. The second-order valence-corrected chi connectivity index (χ2v) is 4.17. The van der Waals surface area contributed by atoms with Gasteiger partial charge in [-0.1, -0.05) is 29.8 Å². The Hall–Kier alpha value is -2.27. The van der Waals surface area contributed by atoms with Gasteiger partial charge in [-0.15, -0.1) is 0 Å². The van der Waals surface area contributed by atoms with E-state index in [0.29, 0.717) is 16.8 Å². The number of hydrogen-bond donors (Lipinski definition) is 1. The highest BCUT2D eigenvalue weighted by Crippen LogP contribution is 2.16. The molecule has 0 aliphatic carbocycles. The number of ether oxygens (including phenoxy) is 1. The number of esters is 1. The van der Waals surface area contributed by atoms with Gasteiger partial charge in [0.25, 0.3) is 5.91 Å². The van der Waals surface area contributed by atoms with Crippen LogP contribution in [0.1, 0.15) is 5.56 Å². The van der Waals surface area contributed by atoms with Crippen molar-refractivity contribution >= 4 is 29.6 Å². The van der Waals surface area contributed by atoms with Gasteiger partial charge in [0.1, 0.15) is 6.26 Å². The van der Waals surface area contributed by atoms with Crippen LogP contribution >= 0.6 is 11.6 Å². The molecule has 1 rings (SSSR count). The molecule has 106 valence electrons. The number of likely N-dealkylation sites (N-methyl/N-ethyl adjacent to an activating group) is 1. The Kier molecular flexibility index (Phi) is 5.80. The average Bonchev–Trinajstić information content (AvgIpc) is 2.46. The number of rotatable bonds is 4. The van der Waals surface area contributed by atoms with E-state index >= 15 is 0 Å². The van der Waals surface area contributed by atoms with E-state index in [9.17, 15) is 9.59 Å². The Balaban J connectivity index is 2.86. The summed E-state index contributed by atoms with van der Waals surface area (Å²) in [5, 5.41) is 9.48.